The average molecular weight is 379 g/mol. The summed E-state index contributed by atoms with van der Waals surface area (Å²) in [5.74, 6) is 0.615. The lowest BCUT2D eigenvalue weighted by molar-refractivity contribution is -0.173. The minimum Gasteiger partial charge on any atom is -0.378 e. The van der Waals surface area contributed by atoms with Crippen molar-refractivity contribution in [3.63, 3.8) is 0 Å². The molecule has 3 nitrogen and oxygen atoms in total. The topological polar surface area (TPSA) is 35.5 Å². The average Bonchev–Trinajstić information content (AvgIpc) is 2.71. The molecule has 3 aliphatic rings. The maximum absolute atomic E-state index is 13.2. The highest BCUT2D eigenvalue weighted by Crippen LogP contribution is 2.63. The number of ether oxygens (including phenoxy) is 2. The van der Waals surface area contributed by atoms with Crippen LogP contribution in [0.15, 0.2) is 0 Å². The van der Waals surface area contributed by atoms with Gasteiger partial charge < -0.3 is 9.47 Å². The highest BCUT2D eigenvalue weighted by atomic mass is 16.5. The highest BCUT2D eigenvalue weighted by molar-refractivity contribution is 5.96. The van der Waals surface area contributed by atoms with Gasteiger partial charge in [0.05, 0.1) is 12.2 Å². The second kappa shape index (κ2) is 9.87. The first-order valence-corrected chi connectivity index (χ1v) is 11.9. The van der Waals surface area contributed by atoms with Crippen molar-refractivity contribution in [1.82, 2.24) is 0 Å². The van der Waals surface area contributed by atoms with Crippen LogP contribution >= 0.6 is 0 Å². The fourth-order valence-corrected chi connectivity index (χ4v) is 5.90. The number of hydrogen-bond acceptors (Lipinski definition) is 3. The number of ketones is 1. The summed E-state index contributed by atoms with van der Waals surface area (Å²) in [5, 5.41) is 0. The molecule has 0 radical (unpaired) electrons. The van der Waals surface area contributed by atoms with Gasteiger partial charge in [0.1, 0.15) is 5.78 Å². The van der Waals surface area contributed by atoms with Gasteiger partial charge in [0.25, 0.3) is 0 Å². The number of hydrogen-bond donors (Lipinski definition) is 0. The summed E-state index contributed by atoms with van der Waals surface area (Å²) in [6.45, 7) is 6.27. The molecule has 3 heteroatoms. The SMILES string of the molecule is CCCCCOC1CCC2(CC1)CC1(CCC(OCCCCC)CC1)C2=O. The summed E-state index contributed by atoms with van der Waals surface area (Å²) in [5.41, 5.74) is 0.0518. The summed E-state index contributed by atoms with van der Waals surface area (Å²) in [4.78, 5) is 13.2. The van der Waals surface area contributed by atoms with Gasteiger partial charge >= 0.3 is 0 Å². The zero-order chi connectivity index (χ0) is 19.2. The molecule has 0 N–H and O–H groups in total. The zero-order valence-corrected chi connectivity index (χ0v) is 17.9. The molecule has 2 spiro atoms. The lowest BCUT2D eigenvalue weighted by Gasteiger charge is -2.59. The van der Waals surface area contributed by atoms with Gasteiger partial charge in [-0.15, -0.1) is 0 Å². The van der Waals surface area contributed by atoms with Crippen LogP contribution in [-0.4, -0.2) is 31.2 Å². The standard InChI is InChI=1S/C24H42O3/c1-3-5-7-17-26-20-9-13-23(14-10-20)19-24(22(23)25)15-11-21(12-16-24)27-18-8-6-4-2/h20-21H,3-19H2,1-2H3. The molecule has 3 fully saturated rings. The van der Waals surface area contributed by atoms with Gasteiger partial charge in [0, 0.05) is 24.0 Å². The molecule has 3 rings (SSSR count). The second-order valence-corrected chi connectivity index (χ2v) is 9.62. The second-order valence-electron chi connectivity index (χ2n) is 9.62. The van der Waals surface area contributed by atoms with Crippen LogP contribution in [0.4, 0.5) is 0 Å². The van der Waals surface area contributed by atoms with Gasteiger partial charge in [-0.2, -0.15) is 0 Å². The molecule has 0 saturated heterocycles. The molecule has 0 bridgehead atoms. The van der Waals surface area contributed by atoms with E-state index in [-0.39, 0.29) is 10.8 Å². The van der Waals surface area contributed by atoms with Crippen LogP contribution in [-0.2, 0) is 14.3 Å². The lowest BCUT2D eigenvalue weighted by Crippen LogP contribution is -2.60. The number of carbonyl (C=O) groups excluding carboxylic acids is 1. The summed E-state index contributed by atoms with van der Waals surface area (Å²) < 4.78 is 12.1. The van der Waals surface area contributed by atoms with Crippen LogP contribution in [0.5, 0.6) is 0 Å². The summed E-state index contributed by atoms with van der Waals surface area (Å²) >= 11 is 0. The maximum atomic E-state index is 13.2. The Bertz CT molecular complexity index is 416. The van der Waals surface area contributed by atoms with E-state index < -0.39 is 0 Å². The van der Waals surface area contributed by atoms with E-state index >= 15 is 0 Å². The van der Waals surface area contributed by atoms with Crippen LogP contribution in [0.25, 0.3) is 0 Å². The van der Waals surface area contributed by atoms with E-state index in [0.29, 0.717) is 18.0 Å². The van der Waals surface area contributed by atoms with E-state index in [2.05, 4.69) is 13.8 Å². The lowest BCUT2D eigenvalue weighted by atomic mass is 9.44. The van der Waals surface area contributed by atoms with Crippen molar-refractivity contribution < 1.29 is 14.3 Å². The normalized spacial score (nSPS) is 36.3. The van der Waals surface area contributed by atoms with Gasteiger partial charge in [-0.25, -0.2) is 0 Å². The monoisotopic (exact) mass is 378 g/mol. The molecule has 27 heavy (non-hydrogen) atoms. The van der Waals surface area contributed by atoms with Crippen molar-refractivity contribution in [3.05, 3.63) is 0 Å². The summed E-state index contributed by atoms with van der Waals surface area (Å²) in [6.07, 6.45) is 18.0. The molecule has 0 atom stereocenters. The summed E-state index contributed by atoms with van der Waals surface area (Å²) in [6, 6.07) is 0. The number of unbranched alkanes of at least 4 members (excludes halogenated alkanes) is 4. The molecule has 0 aromatic carbocycles. The minimum atomic E-state index is 0.0259. The molecule has 0 amide bonds. The van der Waals surface area contributed by atoms with Crippen LogP contribution in [0.2, 0.25) is 0 Å². The van der Waals surface area contributed by atoms with Crippen molar-refractivity contribution in [3.8, 4) is 0 Å². The van der Waals surface area contributed by atoms with E-state index in [1.165, 1.54) is 38.5 Å². The third kappa shape index (κ3) is 4.96. The van der Waals surface area contributed by atoms with Crippen molar-refractivity contribution in [2.24, 2.45) is 10.8 Å². The van der Waals surface area contributed by atoms with Crippen molar-refractivity contribution >= 4 is 5.78 Å². The van der Waals surface area contributed by atoms with Gasteiger partial charge in [-0.3, -0.25) is 4.79 Å². The molecule has 3 aliphatic carbocycles. The third-order valence-corrected chi connectivity index (χ3v) is 7.62. The fourth-order valence-electron chi connectivity index (χ4n) is 5.90. The Kier molecular flexibility index (Phi) is 7.79. The predicted molar refractivity (Wildman–Crippen MR) is 110 cm³/mol. The smallest absolute Gasteiger partial charge is 0.145 e. The van der Waals surface area contributed by atoms with E-state index in [1.54, 1.807) is 0 Å². The molecule has 0 aromatic heterocycles. The third-order valence-electron chi connectivity index (χ3n) is 7.62. The van der Waals surface area contributed by atoms with Crippen LogP contribution in [0.1, 0.15) is 110 Å². The fraction of sp³-hybridized carbons (Fsp3) is 0.958. The Morgan fingerprint density at radius 2 is 1.15 bits per heavy atom. The first-order chi connectivity index (χ1) is 13.1. The van der Waals surface area contributed by atoms with Gasteiger partial charge in [-0.1, -0.05) is 39.5 Å². The zero-order valence-electron chi connectivity index (χ0n) is 17.9. The first kappa shape index (κ1) is 21.3. The van der Waals surface area contributed by atoms with Crippen molar-refractivity contribution in [2.75, 3.05) is 13.2 Å². The molecular weight excluding hydrogens is 336 g/mol. The Morgan fingerprint density at radius 3 is 1.48 bits per heavy atom. The highest BCUT2D eigenvalue weighted by Gasteiger charge is 2.63. The molecule has 0 aliphatic heterocycles. The largest absolute Gasteiger partial charge is 0.378 e. The van der Waals surface area contributed by atoms with Gasteiger partial charge in [-0.05, 0) is 70.6 Å². The molecular formula is C24H42O3. The molecule has 0 heterocycles. The van der Waals surface area contributed by atoms with E-state index in [1.807, 2.05) is 0 Å². The maximum Gasteiger partial charge on any atom is 0.145 e. The van der Waals surface area contributed by atoms with Crippen LogP contribution < -0.4 is 0 Å². The van der Waals surface area contributed by atoms with E-state index in [4.69, 9.17) is 9.47 Å². The van der Waals surface area contributed by atoms with Gasteiger partial charge in [0.2, 0.25) is 0 Å². The number of Topliss-reactive ketones (excluding diaryl/α,β-unsaturated/α-hetero) is 1. The molecule has 3 saturated carbocycles. The Morgan fingerprint density at radius 1 is 0.741 bits per heavy atom. The molecule has 156 valence electrons. The number of carbonyl (C=O) groups is 1. The van der Waals surface area contributed by atoms with Crippen molar-refractivity contribution in [1.29, 1.82) is 0 Å². The van der Waals surface area contributed by atoms with Gasteiger partial charge in [0.15, 0.2) is 0 Å². The van der Waals surface area contributed by atoms with Crippen molar-refractivity contribution in [2.45, 2.75) is 122 Å². The quantitative estimate of drug-likeness (QED) is 0.423. The first-order valence-electron chi connectivity index (χ1n) is 11.9. The molecule has 0 unspecified atom stereocenters. The molecule has 0 aromatic rings. The minimum absolute atomic E-state index is 0.0259. The van der Waals surface area contributed by atoms with Crippen LogP contribution in [0.3, 0.4) is 0 Å². The Balaban J connectivity index is 1.37. The Labute approximate surface area is 167 Å². The van der Waals surface area contributed by atoms with E-state index in [0.717, 1.165) is 71.0 Å². The van der Waals surface area contributed by atoms with E-state index in [9.17, 15) is 4.79 Å². The summed E-state index contributed by atoms with van der Waals surface area (Å²) in [7, 11) is 0. The number of rotatable bonds is 10. The Hall–Kier alpha value is -0.410. The predicted octanol–water partition coefficient (Wildman–Crippen LogP) is 6.23. The van der Waals surface area contributed by atoms with Crippen LogP contribution in [0, 0.1) is 10.8 Å².